The van der Waals surface area contributed by atoms with Gasteiger partial charge in [0, 0.05) is 13.1 Å². The molecule has 92 valence electrons. The van der Waals surface area contributed by atoms with Gasteiger partial charge in [0.1, 0.15) is 0 Å². The number of hydrogen-bond acceptors (Lipinski definition) is 2. The van der Waals surface area contributed by atoms with Gasteiger partial charge in [-0.25, -0.2) is 0 Å². The number of hydrogen-bond donors (Lipinski definition) is 1. The molecule has 0 aliphatic carbocycles. The van der Waals surface area contributed by atoms with Crippen LogP contribution in [0.1, 0.15) is 46.5 Å². The maximum atomic E-state index is 3.57. The lowest BCUT2D eigenvalue weighted by atomic mass is 9.99. The minimum Gasteiger partial charge on any atom is -0.315 e. The Kier molecular flexibility index (Phi) is 10.4. The molecule has 0 saturated carbocycles. The van der Waals surface area contributed by atoms with E-state index in [0.717, 1.165) is 19.0 Å². The molecule has 1 unspecified atom stereocenters. The second kappa shape index (κ2) is 10.4. The molecule has 0 aliphatic heterocycles. The van der Waals surface area contributed by atoms with Crippen LogP contribution in [0.25, 0.3) is 0 Å². The van der Waals surface area contributed by atoms with E-state index in [9.17, 15) is 0 Å². The highest BCUT2D eigenvalue weighted by atomic mass is 15.1. The van der Waals surface area contributed by atoms with Gasteiger partial charge < -0.3 is 10.2 Å². The smallest absolute Gasteiger partial charge is 0.0104 e. The van der Waals surface area contributed by atoms with Crippen LogP contribution in [0.5, 0.6) is 0 Å². The summed E-state index contributed by atoms with van der Waals surface area (Å²) in [6.45, 7) is 11.4. The maximum absolute atomic E-state index is 3.57. The van der Waals surface area contributed by atoms with E-state index in [1.54, 1.807) is 0 Å². The van der Waals surface area contributed by atoms with E-state index in [0.29, 0.717) is 0 Å². The molecular weight excluding hydrogens is 184 g/mol. The maximum Gasteiger partial charge on any atom is 0.0104 e. The molecule has 0 spiro atoms. The fraction of sp³-hybridized carbons (Fsp3) is 1.00. The molecule has 0 bridgehead atoms. The van der Waals surface area contributed by atoms with Crippen molar-refractivity contribution in [1.29, 1.82) is 0 Å². The summed E-state index contributed by atoms with van der Waals surface area (Å²) in [6.07, 6.45) is 5.42. The molecule has 0 radical (unpaired) electrons. The molecule has 0 rings (SSSR count). The van der Waals surface area contributed by atoms with Crippen LogP contribution in [-0.2, 0) is 0 Å². The van der Waals surface area contributed by atoms with E-state index < -0.39 is 0 Å². The van der Waals surface area contributed by atoms with Gasteiger partial charge in [-0.15, -0.1) is 0 Å². The summed E-state index contributed by atoms with van der Waals surface area (Å²) in [4.78, 5) is 2.35. The van der Waals surface area contributed by atoms with Crippen molar-refractivity contribution >= 4 is 0 Å². The first-order valence-electron chi connectivity index (χ1n) is 6.63. The van der Waals surface area contributed by atoms with Crippen LogP contribution in [0.15, 0.2) is 0 Å². The Hall–Kier alpha value is -0.0800. The van der Waals surface area contributed by atoms with Gasteiger partial charge in [0.2, 0.25) is 0 Å². The second-order valence-corrected chi connectivity index (χ2v) is 4.52. The predicted molar refractivity (Wildman–Crippen MR) is 69.3 cm³/mol. The van der Waals surface area contributed by atoms with Crippen LogP contribution in [0.4, 0.5) is 0 Å². The van der Waals surface area contributed by atoms with Gasteiger partial charge in [-0.3, -0.25) is 0 Å². The van der Waals surface area contributed by atoms with Gasteiger partial charge in [-0.2, -0.15) is 0 Å². The topological polar surface area (TPSA) is 15.3 Å². The first kappa shape index (κ1) is 14.9. The van der Waals surface area contributed by atoms with E-state index in [4.69, 9.17) is 0 Å². The van der Waals surface area contributed by atoms with Crippen LogP contribution < -0.4 is 5.32 Å². The highest BCUT2D eigenvalue weighted by molar-refractivity contribution is 4.61. The minimum absolute atomic E-state index is 0.886. The molecule has 0 aromatic heterocycles. The first-order valence-corrected chi connectivity index (χ1v) is 6.63. The monoisotopic (exact) mass is 214 g/mol. The summed E-state index contributed by atoms with van der Waals surface area (Å²) in [5.74, 6) is 0.886. The molecule has 0 fully saturated rings. The number of unbranched alkanes of at least 4 members (excludes halogenated alkanes) is 1. The Morgan fingerprint density at radius 1 is 1.20 bits per heavy atom. The zero-order valence-corrected chi connectivity index (χ0v) is 11.2. The van der Waals surface area contributed by atoms with Crippen LogP contribution in [0.2, 0.25) is 0 Å². The average Bonchev–Trinajstić information content (AvgIpc) is 2.27. The molecule has 0 aromatic rings. The fourth-order valence-electron chi connectivity index (χ4n) is 1.68. The first-order chi connectivity index (χ1) is 7.24. The molecule has 2 nitrogen and oxygen atoms in total. The molecule has 1 N–H and O–H groups in total. The predicted octanol–water partition coefficient (Wildman–Crippen LogP) is 2.74. The third-order valence-electron chi connectivity index (χ3n) is 3.19. The van der Waals surface area contributed by atoms with Crippen molar-refractivity contribution in [3.8, 4) is 0 Å². The molecule has 2 heteroatoms. The summed E-state index contributed by atoms with van der Waals surface area (Å²) in [5, 5.41) is 3.57. The van der Waals surface area contributed by atoms with Crippen LogP contribution >= 0.6 is 0 Å². The Bertz CT molecular complexity index is 126. The van der Waals surface area contributed by atoms with Crippen molar-refractivity contribution in [2.75, 3.05) is 33.2 Å². The summed E-state index contributed by atoms with van der Waals surface area (Å²) < 4.78 is 0. The average molecular weight is 214 g/mol. The standard InChI is InChI=1S/C13H30N2/c1-5-8-9-13(6-2)12-14-10-11-15(4)7-3/h13-14H,5-12H2,1-4H3. The van der Waals surface area contributed by atoms with E-state index in [-0.39, 0.29) is 0 Å². The van der Waals surface area contributed by atoms with Gasteiger partial charge in [-0.1, -0.05) is 40.0 Å². The van der Waals surface area contributed by atoms with Crippen molar-refractivity contribution < 1.29 is 0 Å². The molecule has 1 atom stereocenters. The number of nitrogens with one attached hydrogen (secondary N) is 1. The Balaban J connectivity index is 3.37. The molecule has 0 heterocycles. The quantitative estimate of drug-likeness (QED) is 0.563. The van der Waals surface area contributed by atoms with E-state index >= 15 is 0 Å². The van der Waals surface area contributed by atoms with Crippen molar-refractivity contribution in [1.82, 2.24) is 10.2 Å². The van der Waals surface area contributed by atoms with Crippen molar-refractivity contribution in [2.24, 2.45) is 5.92 Å². The molecule has 0 aromatic carbocycles. The fourth-order valence-corrected chi connectivity index (χ4v) is 1.68. The number of rotatable bonds is 10. The molecule has 0 amide bonds. The Morgan fingerprint density at radius 2 is 1.93 bits per heavy atom. The lowest BCUT2D eigenvalue weighted by Crippen LogP contribution is -2.31. The summed E-state index contributed by atoms with van der Waals surface area (Å²) >= 11 is 0. The van der Waals surface area contributed by atoms with Gasteiger partial charge in [0.15, 0.2) is 0 Å². The van der Waals surface area contributed by atoms with Crippen molar-refractivity contribution in [3.05, 3.63) is 0 Å². The normalized spacial score (nSPS) is 13.4. The minimum atomic E-state index is 0.886. The molecule has 15 heavy (non-hydrogen) atoms. The summed E-state index contributed by atoms with van der Waals surface area (Å²) in [7, 11) is 2.18. The third-order valence-corrected chi connectivity index (χ3v) is 3.19. The van der Waals surface area contributed by atoms with Crippen LogP contribution in [-0.4, -0.2) is 38.1 Å². The lowest BCUT2D eigenvalue weighted by Gasteiger charge is -2.17. The third kappa shape index (κ3) is 8.88. The molecular formula is C13H30N2. The summed E-state index contributed by atoms with van der Waals surface area (Å²) in [6, 6.07) is 0. The SMILES string of the molecule is CCCCC(CC)CNCCN(C)CC. The number of nitrogens with zero attached hydrogens (tertiary/aromatic N) is 1. The number of likely N-dealkylation sites (N-methyl/N-ethyl adjacent to an activating group) is 1. The zero-order valence-electron chi connectivity index (χ0n) is 11.2. The van der Waals surface area contributed by atoms with Gasteiger partial charge in [-0.05, 0) is 32.5 Å². The van der Waals surface area contributed by atoms with E-state index in [2.05, 4.69) is 38.0 Å². The largest absolute Gasteiger partial charge is 0.315 e. The zero-order chi connectivity index (χ0) is 11.5. The van der Waals surface area contributed by atoms with Gasteiger partial charge in [0.05, 0.1) is 0 Å². The molecule has 0 aliphatic rings. The highest BCUT2D eigenvalue weighted by Crippen LogP contribution is 2.10. The van der Waals surface area contributed by atoms with E-state index in [1.165, 1.54) is 38.8 Å². The lowest BCUT2D eigenvalue weighted by molar-refractivity contribution is 0.337. The molecule has 0 saturated heterocycles. The second-order valence-electron chi connectivity index (χ2n) is 4.52. The Labute approximate surface area is 96.4 Å². The van der Waals surface area contributed by atoms with Crippen LogP contribution in [0.3, 0.4) is 0 Å². The highest BCUT2D eigenvalue weighted by Gasteiger charge is 2.04. The summed E-state index contributed by atoms with van der Waals surface area (Å²) in [5.41, 5.74) is 0. The van der Waals surface area contributed by atoms with Crippen molar-refractivity contribution in [2.45, 2.75) is 46.5 Å². The Morgan fingerprint density at radius 3 is 2.47 bits per heavy atom. The van der Waals surface area contributed by atoms with Crippen LogP contribution in [0, 0.1) is 5.92 Å². The van der Waals surface area contributed by atoms with E-state index in [1.807, 2.05) is 0 Å². The van der Waals surface area contributed by atoms with Gasteiger partial charge >= 0.3 is 0 Å². The van der Waals surface area contributed by atoms with Gasteiger partial charge in [0.25, 0.3) is 0 Å². The van der Waals surface area contributed by atoms with Crippen molar-refractivity contribution in [3.63, 3.8) is 0 Å².